The second-order valence-corrected chi connectivity index (χ2v) is 4.30. The van der Waals surface area contributed by atoms with Crippen molar-refractivity contribution >= 4 is 70.6 Å². The van der Waals surface area contributed by atoms with E-state index in [-0.39, 0.29) is 20.8 Å². The first kappa shape index (κ1) is 20.4. The molecule has 0 aromatic carbocycles. The number of nitrogens with zero attached hydrogens (tertiary/aromatic N) is 4. The Balaban J connectivity index is 0. The number of amides is 5. The number of rotatable bonds is 0. The van der Waals surface area contributed by atoms with Crippen LogP contribution in [0.2, 0.25) is 0 Å². The van der Waals surface area contributed by atoms with E-state index in [2.05, 4.69) is 4.99 Å². The molecule has 1 atom stereocenters. The highest BCUT2D eigenvalue weighted by atomic mass is 35.5. The van der Waals surface area contributed by atoms with E-state index in [1.54, 1.807) is 0 Å². The Hall–Kier alpha value is -0.880. The first-order valence-electron chi connectivity index (χ1n) is 3.60. The van der Waals surface area contributed by atoms with E-state index in [4.69, 9.17) is 46.9 Å². The largest absolute Gasteiger partial charge is 0.412 e. The van der Waals surface area contributed by atoms with Crippen molar-refractivity contribution in [2.24, 2.45) is 4.99 Å². The fourth-order valence-electron chi connectivity index (χ4n) is 1.17. The van der Waals surface area contributed by atoms with Gasteiger partial charge in [0, 0.05) is 35.3 Å². The van der Waals surface area contributed by atoms with Gasteiger partial charge in [-0.15, -0.1) is 0 Å². The van der Waals surface area contributed by atoms with Crippen LogP contribution in [0.4, 0.5) is 9.59 Å². The van der Waals surface area contributed by atoms with Crippen LogP contribution in [0.5, 0.6) is 0 Å². The van der Waals surface area contributed by atoms with E-state index in [0.717, 1.165) is 0 Å². The summed E-state index contributed by atoms with van der Waals surface area (Å²) in [5.74, 6) is -1.06. The summed E-state index contributed by atoms with van der Waals surface area (Å²) in [5.41, 5.74) is -0.543. The van der Waals surface area contributed by atoms with Gasteiger partial charge in [-0.25, -0.2) is 9.59 Å². The molecule has 2 heterocycles. The van der Waals surface area contributed by atoms with Crippen LogP contribution in [0.3, 0.4) is 0 Å². The summed E-state index contributed by atoms with van der Waals surface area (Å²) in [6.07, 6.45) is 0. The molecule has 1 unspecified atom stereocenters. The lowest BCUT2D eigenvalue weighted by molar-refractivity contribution is -0.119. The van der Waals surface area contributed by atoms with Gasteiger partial charge in [-0.1, -0.05) is 11.6 Å². The third-order valence-corrected chi connectivity index (χ3v) is 3.68. The molecule has 19 heavy (non-hydrogen) atoms. The number of imide groups is 1. The summed E-state index contributed by atoms with van der Waals surface area (Å²) in [4.78, 5) is 37.3. The monoisotopic (exact) mass is 358 g/mol. The summed E-state index contributed by atoms with van der Waals surface area (Å²) < 4.78 is 0.784. The topological polar surface area (TPSA) is 168 Å². The molecule has 14 heteroatoms. The molecule has 2 aliphatic rings. The maximum absolute atomic E-state index is 11.5. The smallest absolute Gasteiger partial charge is 0.362 e. The van der Waals surface area contributed by atoms with Gasteiger partial charge in [0.1, 0.15) is 0 Å². The molecule has 0 aromatic rings. The number of fused-ring (bicyclic) bond motifs is 1. The Morgan fingerprint density at radius 2 is 1.42 bits per heavy atom. The van der Waals surface area contributed by atoms with Crippen LogP contribution in [0.25, 0.3) is 0 Å². The third-order valence-electron chi connectivity index (χ3n) is 1.91. The molecule has 110 valence electrons. The van der Waals surface area contributed by atoms with Gasteiger partial charge in [-0.2, -0.15) is 18.2 Å². The number of hydrogen-bond acceptors (Lipinski definition) is 3. The maximum Gasteiger partial charge on any atom is 0.362 e. The summed E-state index contributed by atoms with van der Waals surface area (Å²) >= 11 is 22.2. The number of aliphatic imine (C=N–C) groups is 1. The number of carbonyl (C=O) groups excluding carboxylic acids is 3. The molecular weight excluding hydrogens is 354 g/mol. The Kier molecular flexibility index (Phi) is 6.51. The van der Waals surface area contributed by atoms with E-state index in [1.807, 2.05) is 0 Å². The maximum atomic E-state index is 11.5. The zero-order valence-corrected chi connectivity index (χ0v) is 11.5. The molecule has 2 rings (SSSR count). The molecule has 1 fully saturated rings. The van der Waals surface area contributed by atoms with Gasteiger partial charge in [0.15, 0.2) is 5.71 Å². The molecule has 0 bridgehead atoms. The molecule has 1 saturated heterocycles. The minimum Gasteiger partial charge on any atom is -0.412 e. The minimum atomic E-state index is -2.15. The van der Waals surface area contributed by atoms with Crippen molar-refractivity contribution < 1.29 is 30.8 Å². The van der Waals surface area contributed by atoms with Crippen molar-refractivity contribution in [1.29, 1.82) is 0 Å². The van der Waals surface area contributed by atoms with Crippen LogP contribution < -0.4 is 0 Å². The predicted octanol–water partition coefficient (Wildman–Crippen LogP) is -0.993. The summed E-state index contributed by atoms with van der Waals surface area (Å²) in [6.45, 7) is 0. The molecule has 0 aliphatic carbocycles. The quantitative estimate of drug-likeness (QED) is 0.308. The van der Waals surface area contributed by atoms with Crippen molar-refractivity contribution in [1.82, 2.24) is 13.3 Å². The number of halogens is 4. The zero-order chi connectivity index (χ0) is 12.2. The zero-order valence-electron chi connectivity index (χ0n) is 8.53. The van der Waals surface area contributed by atoms with Gasteiger partial charge in [0.2, 0.25) is 0 Å². The van der Waals surface area contributed by atoms with Crippen molar-refractivity contribution in [2.75, 3.05) is 0 Å². The normalized spacial score (nSPS) is 25.2. The average molecular weight is 360 g/mol. The number of hydrogen-bond donors (Lipinski definition) is 0. The van der Waals surface area contributed by atoms with Crippen molar-refractivity contribution in [3.8, 4) is 0 Å². The summed E-state index contributed by atoms with van der Waals surface area (Å²) in [6, 6.07) is -2.16. The molecule has 10 nitrogen and oxygen atoms in total. The van der Waals surface area contributed by atoms with E-state index in [1.165, 1.54) is 0 Å². The molecule has 0 aromatic heterocycles. The molecule has 2 aliphatic heterocycles. The fourth-order valence-corrected chi connectivity index (χ4v) is 2.09. The standard InChI is InChI=1S/C5Cl4N4O3.3H2O/c6-5-1(10-3(15)12(5)8)2(14)11(7)4(16)13(5)9;;;/h;3*1H2. The van der Waals surface area contributed by atoms with Gasteiger partial charge in [0.05, 0.1) is 0 Å². The molecule has 6 N–H and O–H groups in total. The van der Waals surface area contributed by atoms with Crippen molar-refractivity contribution in [3.63, 3.8) is 0 Å². The van der Waals surface area contributed by atoms with Crippen LogP contribution in [0.1, 0.15) is 0 Å². The van der Waals surface area contributed by atoms with Gasteiger partial charge >= 0.3 is 12.1 Å². The molecule has 0 saturated carbocycles. The summed E-state index contributed by atoms with van der Waals surface area (Å²) in [5, 5.41) is -2.15. The predicted molar refractivity (Wildman–Crippen MR) is 65.7 cm³/mol. The Labute approximate surface area is 125 Å². The van der Waals surface area contributed by atoms with Gasteiger partial charge in [-0.3, -0.25) is 4.79 Å². The molecule has 5 amide bonds. The lowest BCUT2D eigenvalue weighted by Gasteiger charge is -2.38. The minimum absolute atomic E-state index is 0. The van der Waals surface area contributed by atoms with E-state index in [9.17, 15) is 14.4 Å². The van der Waals surface area contributed by atoms with Crippen LogP contribution >= 0.6 is 46.9 Å². The van der Waals surface area contributed by atoms with Crippen LogP contribution in [-0.4, -0.2) is 58.5 Å². The third kappa shape index (κ3) is 2.31. The Morgan fingerprint density at radius 1 is 0.947 bits per heavy atom. The SMILES string of the molecule is O.O.O.O=C1C2=NC(=O)N(Cl)C2(Cl)N(Cl)C(=O)N1Cl. The number of carbonyl (C=O) groups is 3. The van der Waals surface area contributed by atoms with Gasteiger partial charge < -0.3 is 16.4 Å². The Morgan fingerprint density at radius 3 is 1.89 bits per heavy atom. The van der Waals surface area contributed by atoms with Gasteiger partial charge in [-0.05, 0) is 0 Å². The number of urea groups is 2. The van der Waals surface area contributed by atoms with E-state index < -0.39 is 28.8 Å². The highest BCUT2D eigenvalue weighted by Gasteiger charge is 2.62. The summed E-state index contributed by atoms with van der Waals surface area (Å²) in [7, 11) is 0. The average Bonchev–Trinajstić information content (AvgIpc) is 2.49. The van der Waals surface area contributed by atoms with Crippen LogP contribution in [-0.2, 0) is 4.79 Å². The Bertz CT molecular complexity index is 459. The lowest BCUT2D eigenvalue weighted by atomic mass is 10.2. The highest BCUT2D eigenvalue weighted by molar-refractivity contribution is 6.65. The second-order valence-electron chi connectivity index (χ2n) is 2.76. The second kappa shape index (κ2) is 6.05. The lowest BCUT2D eigenvalue weighted by Crippen LogP contribution is -2.64. The van der Waals surface area contributed by atoms with E-state index >= 15 is 0 Å². The first-order chi connectivity index (χ1) is 7.31. The van der Waals surface area contributed by atoms with Crippen molar-refractivity contribution in [3.05, 3.63) is 0 Å². The molecular formula is C5H6Cl4N4O6. The first-order valence-corrected chi connectivity index (χ1v) is 4.99. The highest BCUT2D eigenvalue weighted by Crippen LogP contribution is 2.40. The molecule has 0 spiro atoms. The molecule has 0 radical (unpaired) electrons. The van der Waals surface area contributed by atoms with Crippen LogP contribution in [0, 0.1) is 0 Å². The van der Waals surface area contributed by atoms with Crippen molar-refractivity contribution in [2.45, 2.75) is 5.12 Å². The van der Waals surface area contributed by atoms with Crippen LogP contribution in [0.15, 0.2) is 4.99 Å². The van der Waals surface area contributed by atoms with E-state index in [0.29, 0.717) is 8.84 Å². The van der Waals surface area contributed by atoms with Gasteiger partial charge in [0.25, 0.3) is 11.0 Å². The number of alkyl halides is 1. The fraction of sp³-hybridized carbons (Fsp3) is 0.200.